The molecule has 0 aromatic heterocycles. The van der Waals surface area contributed by atoms with Gasteiger partial charge in [-0.3, -0.25) is 0 Å². The molecule has 0 atom stereocenters. The molecule has 0 fully saturated rings. The summed E-state index contributed by atoms with van der Waals surface area (Å²) in [6.45, 7) is 16.6. The molecule has 180 valence electrons. The highest BCUT2D eigenvalue weighted by Crippen LogP contribution is 2.43. The number of ether oxygens (including phenoxy) is 4. The first kappa shape index (κ1) is 25.4. The molecule has 0 saturated carbocycles. The lowest BCUT2D eigenvalue weighted by molar-refractivity contribution is 0.338. The van der Waals surface area contributed by atoms with Crippen molar-refractivity contribution in [1.29, 1.82) is 0 Å². The summed E-state index contributed by atoms with van der Waals surface area (Å²) in [5.41, 5.74) is 3.05. The van der Waals surface area contributed by atoms with E-state index in [1.54, 1.807) is 24.3 Å². The Morgan fingerprint density at radius 1 is 0.543 bits per heavy atom. The standard InChI is InChI=1S/C31H32O4/c1-5-18-32-25-14-16-27(29(22-25)34-20-7-3)31(24-12-10-9-11-13-24)28-17-15-26(33-19-6-2)23-30(28)35-21-8-4/h5-17,22-23,31H,1-4,18-21H2. The van der Waals surface area contributed by atoms with Crippen molar-refractivity contribution in [3.63, 3.8) is 0 Å². The smallest absolute Gasteiger partial charge is 0.127 e. The van der Waals surface area contributed by atoms with Gasteiger partial charge in [0.15, 0.2) is 0 Å². The van der Waals surface area contributed by atoms with Crippen molar-refractivity contribution in [3.8, 4) is 23.0 Å². The Bertz CT molecular complexity index is 1060. The monoisotopic (exact) mass is 468 g/mol. The van der Waals surface area contributed by atoms with Crippen molar-refractivity contribution < 1.29 is 18.9 Å². The molecule has 4 heteroatoms. The molecular weight excluding hydrogens is 436 g/mol. The summed E-state index contributed by atoms with van der Waals surface area (Å²) in [4.78, 5) is 0. The lowest BCUT2D eigenvalue weighted by atomic mass is 9.84. The highest BCUT2D eigenvalue weighted by Gasteiger charge is 2.25. The maximum Gasteiger partial charge on any atom is 0.127 e. The third-order valence-electron chi connectivity index (χ3n) is 5.17. The molecule has 35 heavy (non-hydrogen) atoms. The largest absolute Gasteiger partial charge is 0.489 e. The zero-order chi connectivity index (χ0) is 24.9. The third kappa shape index (κ3) is 6.90. The fourth-order valence-corrected chi connectivity index (χ4v) is 3.72. The Labute approximate surface area is 208 Å². The summed E-state index contributed by atoms with van der Waals surface area (Å²) in [6, 6.07) is 22.0. The van der Waals surface area contributed by atoms with Crippen LogP contribution in [0.25, 0.3) is 0 Å². The molecule has 0 aliphatic rings. The minimum absolute atomic E-state index is 0.169. The fraction of sp³-hybridized carbons (Fsp3) is 0.161. The Balaban J connectivity index is 2.18. The Morgan fingerprint density at radius 3 is 1.40 bits per heavy atom. The third-order valence-corrected chi connectivity index (χ3v) is 5.17. The molecule has 3 rings (SSSR count). The molecule has 0 amide bonds. The van der Waals surface area contributed by atoms with Crippen LogP contribution in [-0.4, -0.2) is 26.4 Å². The van der Waals surface area contributed by atoms with Crippen LogP contribution in [0.2, 0.25) is 0 Å². The number of rotatable bonds is 15. The molecule has 3 aromatic rings. The fourth-order valence-electron chi connectivity index (χ4n) is 3.72. The van der Waals surface area contributed by atoms with Crippen LogP contribution >= 0.6 is 0 Å². The molecule has 0 radical (unpaired) electrons. The SMILES string of the molecule is C=CCOc1ccc(C(c2ccccc2)c2ccc(OCC=C)cc2OCC=C)c(OCC=C)c1. The van der Waals surface area contributed by atoms with E-state index in [1.165, 1.54) is 0 Å². The topological polar surface area (TPSA) is 36.9 Å². The van der Waals surface area contributed by atoms with Crippen molar-refractivity contribution in [3.05, 3.63) is 134 Å². The van der Waals surface area contributed by atoms with Gasteiger partial charge in [0.2, 0.25) is 0 Å². The van der Waals surface area contributed by atoms with Gasteiger partial charge in [-0.05, 0) is 17.7 Å². The van der Waals surface area contributed by atoms with Gasteiger partial charge in [0, 0.05) is 29.2 Å². The second kappa shape index (κ2) is 13.5. The van der Waals surface area contributed by atoms with Crippen molar-refractivity contribution in [2.75, 3.05) is 26.4 Å². The van der Waals surface area contributed by atoms with E-state index in [0.29, 0.717) is 49.4 Å². The molecule has 0 spiro atoms. The minimum Gasteiger partial charge on any atom is -0.489 e. The summed E-state index contributed by atoms with van der Waals surface area (Å²) >= 11 is 0. The highest BCUT2D eigenvalue weighted by atomic mass is 16.5. The summed E-state index contributed by atoms with van der Waals surface area (Å²) < 4.78 is 23.8. The highest BCUT2D eigenvalue weighted by molar-refractivity contribution is 5.56. The molecule has 0 bridgehead atoms. The zero-order valence-electron chi connectivity index (χ0n) is 20.0. The molecule has 0 heterocycles. The van der Waals surface area contributed by atoms with Crippen LogP contribution in [0.5, 0.6) is 23.0 Å². The van der Waals surface area contributed by atoms with Crippen LogP contribution in [0.1, 0.15) is 22.6 Å². The predicted octanol–water partition coefficient (Wildman–Crippen LogP) is 7.13. The maximum atomic E-state index is 6.11. The van der Waals surface area contributed by atoms with Crippen LogP contribution in [0, 0.1) is 0 Å². The first-order chi connectivity index (χ1) is 17.2. The molecule has 4 nitrogen and oxygen atoms in total. The van der Waals surface area contributed by atoms with E-state index in [0.717, 1.165) is 16.7 Å². The minimum atomic E-state index is -0.169. The molecule has 0 saturated heterocycles. The average Bonchev–Trinajstić information content (AvgIpc) is 2.90. The van der Waals surface area contributed by atoms with Gasteiger partial charge in [-0.1, -0.05) is 93.1 Å². The number of hydrogen-bond donors (Lipinski definition) is 0. The summed E-state index contributed by atoms with van der Waals surface area (Å²) in [6.07, 6.45) is 6.88. The van der Waals surface area contributed by atoms with Crippen LogP contribution in [0.3, 0.4) is 0 Å². The predicted molar refractivity (Wildman–Crippen MR) is 143 cm³/mol. The van der Waals surface area contributed by atoms with E-state index in [1.807, 2.05) is 54.6 Å². The van der Waals surface area contributed by atoms with Gasteiger partial charge in [0.05, 0.1) is 0 Å². The molecule has 0 aliphatic carbocycles. The summed E-state index contributed by atoms with van der Waals surface area (Å²) in [5.74, 6) is 2.66. The van der Waals surface area contributed by atoms with Crippen LogP contribution in [0.4, 0.5) is 0 Å². The van der Waals surface area contributed by atoms with Gasteiger partial charge < -0.3 is 18.9 Å². The Morgan fingerprint density at radius 2 is 0.971 bits per heavy atom. The molecule has 0 aliphatic heterocycles. The van der Waals surface area contributed by atoms with Crippen molar-refractivity contribution in [2.24, 2.45) is 0 Å². The molecule has 3 aromatic carbocycles. The zero-order valence-corrected chi connectivity index (χ0v) is 20.0. The molecule has 0 unspecified atom stereocenters. The van der Waals surface area contributed by atoms with Gasteiger partial charge in [-0.25, -0.2) is 0 Å². The van der Waals surface area contributed by atoms with E-state index in [9.17, 15) is 0 Å². The summed E-state index contributed by atoms with van der Waals surface area (Å²) in [7, 11) is 0. The van der Waals surface area contributed by atoms with E-state index in [4.69, 9.17) is 18.9 Å². The van der Waals surface area contributed by atoms with Crippen molar-refractivity contribution in [1.82, 2.24) is 0 Å². The van der Waals surface area contributed by atoms with E-state index < -0.39 is 0 Å². The first-order valence-corrected chi connectivity index (χ1v) is 11.5. The van der Waals surface area contributed by atoms with E-state index in [-0.39, 0.29) is 5.92 Å². The van der Waals surface area contributed by atoms with Gasteiger partial charge in [0.25, 0.3) is 0 Å². The van der Waals surface area contributed by atoms with Crippen molar-refractivity contribution in [2.45, 2.75) is 5.92 Å². The van der Waals surface area contributed by atoms with Crippen LogP contribution in [-0.2, 0) is 0 Å². The van der Waals surface area contributed by atoms with Gasteiger partial charge in [-0.15, -0.1) is 0 Å². The van der Waals surface area contributed by atoms with Crippen LogP contribution in [0.15, 0.2) is 117 Å². The Hall–Kier alpha value is -4.18. The van der Waals surface area contributed by atoms with Crippen LogP contribution < -0.4 is 18.9 Å². The second-order valence-electron chi connectivity index (χ2n) is 7.64. The number of benzene rings is 3. The lowest BCUT2D eigenvalue weighted by Crippen LogP contribution is -2.10. The quantitative estimate of drug-likeness (QED) is 0.176. The summed E-state index contributed by atoms with van der Waals surface area (Å²) in [5, 5.41) is 0. The van der Waals surface area contributed by atoms with Gasteiger partial charge in [-0.2, -0.15) is 0 Å². The number of hydrogen-bond acceptors (Lipinski definition) is 4. The van der Waals surface area contributed by atoms with Crippen molar-refractivity contribution >= 4 is 0 Å². The normalized spacial score (nSPS) is 10.3. The van der Waals surface area contributed by atoms with E-state index >= 15 is 0 Å². The first-order valence-electron chi connectivity index (χ1n) is 11.5. The maximum absolute atomic E-state index is 6.11. The average molecular weight is 469 g/mol. The molecule has 0 N–H and O–H groups in total. The van der Waals surface area contributed by atoms with E-state index in [2.05, 4.69) is 38.4 Å². The Kier molecular flexibility index (Phi) is 9.82. The lowest BCUT2D eigenvalue weighted by Gasteiger charge is -2.25. The molecular formula is C31H32O4. The second-order valence-corrected chi connectivity index (χ2v) is 7.64. The van der Waals surface area contributed by atoms with Gasteiger partial charge in [0.1, 0.15) is 49.4 Å². The van der Waals surface area contributed by atoms with Gasteiger partial charge >= 0.3 is 0 Å².